The topological polar surface area (TPSA) is 24.1 Å². The Hall–Kier alpha value is -0.0800. The molecule has 0 bridgehead atoms. The highest BCUT2D eigenvalue weighted by Gasteiger charge is 2.23. The van der Waals surface area contributed by atoms with Gasteiger partial charge in [-0.15, -0.1) is 0 Å². The SMILES string of the molecule is CCNC(C)(C)CNC1CCC(C)C1. The molecule has 0 saturated heterocycles. The first kappa shape index (κ1) is 12.0. The molecule has 0 radical (unpaired) electrons. The minimum atomic E-state index is 0.237. The molecule has 0 aromatic rings. The van der Waals surface area contributed by atoms with Crippen molar-refractivity contribution >= 4 is 0 Å². The predicted octanol–water partition coefficient (Wildman–Crippen LogP) is 2.15. The predicted molar refractivity (Wildman–Crippen MR) is 62.6 cm³/mol. The van der Waals surface area contributed by atoms with Gasteiger partial charge in [-0.2, -0.15) is 0 Å². The molecular weight excluding hydrogens is 172 g/mol. The van der Waals surface area contributed by atoms with Gasteiger partial charge in [0.1, 0.15) is 0 Å². The third-order valence-corrected chi connectivity index (χ3v) is 3.18. The van der Waals surface area contributed by atoms with Crippen molar-refractivity contribution in [3.05, 3.63) is 0 Å². The Balaban J connectivity index is 2.19. The van der Waals surface area contributed by atoms with Crippen molar-refractivity contribution < 1.29 is 0 Å². The maximum Gasteiger partial charge on any atom is 0.0249 e. The monoisotopic (exact) mass is 198 g/mol. The highest BCUT2D eigenvalue weighted by Crippen LogP contribution is 2.24. The molecule has 1 aliphatic rings. The van der Waals surface area contributed by atoms with Crippen LogP contribution in [0.25, 0.3) is 0 Å². The van der Waals surface area contributed by atoms with Crippen LogP contribution in [0.1, 0.15) is 47.0 Å². The van der Waals surface area contributed by atoms with E-state index in [2.05, 4.69) is 38.3 Å². The molecule has 1 rings (SSSR count). The van der Waals surface area contributed by atoms with E-state index in [9.17, 15) is 0 Å². The lowest BCUT2D eigenvalue weighted by molar-refractivity contribution is 0.348. The van der Waals surface area contributed by atoms with Gasteiger partial charge in [-0.3, -0.25) is 0 Å². The molecule has 0 aromatic heterocycles. The van der Waals surface area contributed by atoms with E-state index in [1.807, 2.05) is 0 Å². The van der Waals surface area contributed by atoms with Crippen LogP contribution in [0.15, 0.2) is 0 Å². The zero-order chi connectivity index (χ0) is 10.6. The molecule has 1 saturated carbocycles. The Morgan fingerprint density at radius 3 is 2.50 bits per heavy atom. The first-order chi connectivity index (χ1) is 6.53. The van der Waals surface area contributed by atoms with Crippen molar-refractivity contribution in [1.29, 1.82) is 0 Å². The van der Waals surface area contributed by atoms with Crippen LogP contribution in [0.3, 0.4) is 0 Å². The second kappa shape index (κ2) is 5.13. The molecule has 0 aromatic carbocycles. The molecule has 1 aliphatic carbocycles. The third-order valence-electron chi connectivity index (χ3n) is 3.18. The summed E-state index contributed by atoms with van der Waals surface area (Å²) < 4.78 is 0. The number of hydrogen-bond acceptors (Lipinski definition) is 2. The van der Waals surface area contributed by atoms with E-state index in [1.165, 1.54) is 19.3 Å². The van der Waals surface area contributed by atoms with Gasteiger partial charge in [-0.25, -0.2) is 0 Å². The summed E-state index contributed by atoms with van der Waals surface area (Å²) in [4.78, 5) is 0. The van der Waals surface area contributed by atoms with Crippen LogP contribution in [-0.4, -0.2) is 24.7 Å². The van der Waals surface area contributed by atoms with E-state index in [0.717, 1.165) is 25.0 Å². The van der Waals surface area contributed by atoms with Gasteiger partial charge < -0.3 is 10.6 Å². The summed E-state index contributed by atoms with van der Waals surface area (Å²) >= 11 is 0. The van der Waals surface area contributed by atoms with Crippen LogP contribution in [-0.2, 0) is 0 Å². The van der Waals surface area contributed by atoms with Gasteiger partial charge in [0.05, 0.1) is 0 Å². The molecule has 1 fully saturated rings. The van der Waals surface area contributed by atoms with Crippen molar-refractivity contribution in [3.8, 4) is 0 Å². The van der Waals surface area contributed by atoms with Crippen LogP contribution in [0, 0.1) is 5.92 Å². The molecule has 2 atom stereocenters. The smallest absolute Gasteiger partial charge is 0.0249 e. The zero-order valence-corrected chi connectivity index (χ0v) is 10.2. The number of rotatable bonds is 5. The van der Waals surface area contributed by atoms with E-state index < -0.39 is 0 Å². The average Bonchev–Trinajstić information content (AvgIpc) is 2.48. The fourth-order valence-electron chi connectivity index (χ4n) is 2.33. The average molecular weight is 198 g/mol. The Morgan fingerprint density at radius 1 is 1.29 bits per heavy atom. The first-order valence-corrected chi connectivity index (χ1v) is 6.02. The van der Waals surface area contributed by atoms with Gasteiger partial charge in [0, 0.05) is 18.1 Å². The molecule has 2 nitrogen and oxygen atoms in total. The van der Waals surface area contributed by atoms with E-state index in [-0.39, 0.29) is 5.54 Å². The van der Waals surface area contributed by atoms with Crippen LogP contribution >= 0.6 is 0 Å². The molecule has 14 heavy (non-hydrogen) atoms. The Labute approximate surface area is 88.8 Å². The molecule has 2 heteroatoms. The van der Waals surface area contributed by atoms with Crippen LogP contribution in [0.5, 0.6) is 0 Å². The highest BCUT2D eigenvalue weighted by atomic mass is 15.0. The molecule has 0 spiro atoms. The fourth-order valence-corrected chi connectivity index (χ4v) is 2.33. The second-order valence-corrected chi connectivity index (χ2v) is 5.41. The van der Waals surface area contributed by atoms with Gasteiger partial charge in [0.15, 0.2) is 0 Å². The Bertz CT molecular complexity index is 166. The van der Waals surface area contributed by atoms with E-state index >= 15 is 0 Å². The van der Waals surface area contributed by atoms with Gasteiger partial charge in [0.25, 0.3) is 0 Å². The summed E-state index contributed by atoms with van der Waals surface area (Å²) in [6.45, 7) is 11.2. The first-order valence-electron chi connectivity index (χ1n) is 6.02. The summed E-state index contributed by atoms with van der Waals surface area (Å²) in [7, 11) is 0. The van der Waals surface area contributed by atoms with E-state index in [4.69, 9.17) is 0 Å². The van der Waals surface area contributed by atoms with Crippen LogP contribution in [0.2, 0.25) is 0 Å². The summed E-state index contributed by atoms with van der Waals surface area (Å²) in [6, 6.07) is 0.767. The molecule has 84 valence electrons. The quantitative estimate of drug-likeness (QED) is 0.707. The second-order valence-electron chi connectivity index (χ2n) is 5.41. The largest absolute Gasteiger partial charge is 0.312 e. The van der Waals surface area contributed by atoms with Gasteiger partial charge in [-0.1, -0.05) is 13.8 Å². The van der Waals surface area contributed by atoms with Gasteiger partial charge >= 0.3 is 0 Å². The third kappa shape index (κ3) is 3.97. The summed E-state index contributed by atoms with van der Waals surface area (Å²) in [5.74, 6) is 0.926. The standard InChI is InChI=1S/C12H26N2/c1-5-14-12(3,4)9-13-11-7-6-10(2)8-11/h10-11,13-14H,5-9H2,1-4H3. The van der Waals surface area contributed by atoms with Crippen molar-refractivity contribution in [2.75, 3.05) is 13.1 Å². The van der Waals surface area contributed by atoms with Crippen LogP contribution < -0.4 is 10.6 Å². The number of hydrogen-bond donors (Lipinski definition) is 2. The van der Waals surface area contributed by atoms with Crippen molar-refractivity contribution in [2.45, 2.75) is 58.5 Å². The minimum absolute atomic E-state index is 0.237. The lowest BCUT2D eigenvalue weighted by atomic mass is 10.0. The van der Waals surface area contributed by atoms with Crippen molar-refractivity contribution in [3.63, 3.8) is 0 Å². The fraction of sp³-hybridized carbons (Fsp3) is 1.00. The zero-order valence-electron chi connectivity index (χ0n) is 10.2. The molecule has 0 amide bonds. The van der Waals surface area contributed by atoms with Crippen molar-refractivity contribution in [2.24, 2.45) is 5.92 Å². The van der Waals surface area contributed by atoms with E-state index in [1.54, 1.807) is 0 Å². The van der Waals surface area contributed by atoms with Gasteiger partial charge in [-0.05, 0) is 45.6 Å². The Kier molecular flexibility index (Phi) is 4.39. The number of nitrogens with one attached hydrogen (secondary N) is 2. The maximum atomic E-state index is 3.67. The summed E-state index contributed by atoms with van der Waals surface area (Å²) in [5.41, 5.74) is 0.237. The molecular formula is C12H26N2. The summed E-state index contributed by atoms with van der Waals surface area (Å²) in [6.07, 6.45) is 4.13. The van der Waals surface area contributed by atoms with Crippen molar-refractivity contribution in [1.82, 2.24) is 10.6 Å². The molecule has 0 aliphatic heterocycles. The normalized spacial score (nSPS) is 28.3. The van der Waals surface area contributed by atoms with Gasteiger partial charge in [0.2, 0.25) is 0 Å². The Morgan fingerprint density at radius 2 is 2.00 bits per heavy atom. The molecule has 0 heterocycles. The lowest BCUT2D eigenvalue weighted by Gasteiger charge is -2.28. The highest BCUT2D eigenvalue weighted by molar-refractivity contribution is 4.84. The minimum Gasteiger partial charge on any atom is -0.312 e. The maximum absolute atomic E-state index is 3.67. The number of likely N-dealkylation sites (N-methyl/N-ethyl adjacent to an activating group) is 1. The van der Waals surface area contributed by atoms with E-state index in [0.29, 0.717) is 0 Å². The molecule has 2 N–H and O–H groups in total. The van der Waals surface area contributed by atoms with Crippen LogP contribution in [0.4, 0.5) is 0 Å². The lowest BCUT2D eigenvalue weighted by Crippen LogP contribution is -2.49. The summed E-state index contributed by atoms with van der Waals surface area (Å²) in [5, 5.41) is 7.17. The molecule has 2 unspecified atom stereocenters.